The molecule has 1 atom stereocenters. The average molecular weight is 407 g/mol. The Morgan fingerprint density at radius 2 is 1.80 bits per heavy atom. The van der Waals surface area contributed by atoms with Gasteiger partial charge in [-0.3, -0.25) is 4.79 Å². The zero-order valence-electron chi connectivity index (χ0n) is 17.1. The van der Waals surface area contributed by atoms with Crippen LogP contribution in [0.4, 0.5) is 5.69 Å². The number of morpholine rings is 1. The van der Waals surface area contributed by atoms with Crippen molar-refractivity contribution in [3.05, 3.63) is 65.9 Å². The Balaban J connectivity index is 1.39. The number of hydrogen-bond acceptors (Lipinski definition) is 6. The number of amides is 1. The normalized spacial score (nSPS) is 14.9. The molecule has 1 fully saturated rings. The molecule has 7 heteroatoms. The van der Waals surface area contributed by atoms with Gasteiger partial charge in [0, 0.05) is 30.4 Å². The molecular formula is C23H25N3O4. The highest BCUT2D eigenvalue weighted by Gasteiger charge is 2.18. The lowest BCUT2D eigenvalue weighted by molar-refractivity contribution is 0.0902. The number of aromatic nitrogens is 1. The van der Waals surface area contributed by atoms with Gasteiger partial charge in [0.25, 0.3) is 5.91 Å². The molecule has 4 rings (SSSR count). The van der Waals surface area contributed by atoms with Crippen molar-refractivity contribution < 1.29 is 18.8 Å². The molecule has 2 aromatic carbocycles. The summed E-state index contributed by atoms with van der Waals surface area (Å²) in [5.41, 5.74) is 3.64. The van der Waals surface area contributed by atoms with E-state index >= 15 is 0 Å². The third-order valence-corrected chi connectivity index (χ3v) is 5.24. The summed E-state index contributed by atoms with van der Waals surface area (Å²) >= 11 is 0. The predicted octanol–water partition coefficient (Wildman–Crippen LogP) is 3.68. The predicted molar refractivity (Wildman–Crippen MR) is 114 cm³/mol. The molecule has 0 bridgehead atoms. The molecule has 1 aromatic heterocycles. The molecule has 7 nitrogen and oxygen atoms in total. The van der Waals surface area contributed by atoms with Crippen LogP contribution in [0.25, 0.3) is 11.3 Å². The largest absolute Gasteiger partial charge is 0.497 e. The summed E-state index contributed by atoms with van der Waals surface area (Å²) in [5, 5.41) is 6.98. The van der Waals surface area contributed by atoms with Crippen LogP contribution in [-0.2, 0) is 4.74 Å². The van der Waals surface area contributed by atoms with Crippen LogP contribution in [-0.4, -0.2) is 44.5 Å². The molecule has 1 amide bonds. The second-order valence-electron chi connectivity index (χ2n) is 7.19. The molecule has 1 aliphatic rings. The van der Waals surface area contributed by atoms with Crippen LogP contribution in [0.2, 0.25) is 0 Å². The van der Waals surface area contributed by atoms with E-state index in [1.165, 1.54) is 5.69 Å². The first-order valence-corrected chi connectivity index (χ1v) is 9.98. The smallest absolute Gasteiger partial charge is 0.290 e. The van der Waals surface area contributed by atoms with Gasteiger partial charge in [0.15, 0.2) is 0 Å². The van der Waals surface area contributed by atoms with E-state index in [9.17, 15) is 4.79 Å². The Labute approximate surface area is 175 Å². The molecule has 0 radical (unpaired) electrons. The number of nitrogens with one attached hydrogen (secondary N) is 1. The molecule has 30 heavy (non-hydrogen) atoms. The molecule has 1 N–H and O–H groups in total. The first kappa shape index (κ1) is 20.0. The van der Waals surface area contributed by atoms with E-state index in [0.717, 1.165) is 43.2 Å². The number of carbonyl (C=O) groups is 1. The Hall–Kier alpha value is -3.32. The molecule has 0 aliphatic carbocycles. The van der Waals surface area contributed by atoms with Crippen molar-refractivity contribution in [2.75, 3.05) is 38.3 Å². The SMILES string of the molecule is COc1ccc(-c2cc(C(=O)N[C@@H](C)c3ccc(N4CCOCC4)cc3)on2)cc1. The second kappa shape index (κ2) is 9.00. The number of methoxy groups -OCH3 is 1. The summed E-state index contributed by atoms with van der Waals surface area (Å²) in [6.07, 6.45) is 0. The summed E-state index contributed by atoms with van der Waals surface area (Å²) in [7, 11) is 1.62. The van der Waals surface area contributed by atoms with E-state index in [2.05, 4.69) is 27.5 Å². The van der Waals surface area contributed by atoms with Crippen LogP contribution in [0.1, 0.15) is 29.1 Å². The van der Waals surface area contributed by atoms with Crippen molar-refractivity contribution in [3.63, 3.8) is 0 Å². The maximum Gasteiger partial charge on any atom is 0.290 e. The van der Waals surface area contributed by atoms with Crippen molar-refractivity contribution in [3.8, 4) is 17.0 Å². The fourth-order valence-electron chi connectivity index (χ4n) is 3.43. The van der Waals surface area contributed by atoms with Gasteiger partial charge in [0.1, 0.15) is 11.4 Å². The summed E-state index contributed by atoms with van der Waals surface area (Å²) in [6, 6.07) is 17.2. The van der Waals surface area contributed by atoms with Gasteiger partial charge in [-0.1, -0.05) is 17.3 Å². The number of benzene rings is 2. The number of ether oxygens (including phenoxy) is 2. The molecule has 3 aromatic rings. The highest BCUT2D eigenvalue weighted by atomic mass is 16.5. The van der Waals surface area contributed by atoms with Crippen molar-refractivity contribution in [2.45, 2.75) is 13.0 Å². The number of hydrogen-bond donors (Lipinski definition) is 1. The van der Waals surface area contributed by atoms with Crippen LogP contribution in [0.5, 0.6) is 5.75 Å². The molecule has 0 unspecified atom stereocenters. The zero-order chi connectivity index (χ0) is 20.9. The van der Waals surface area contributed by atoms with Gasteiger partial charge in [0.2, 0.25) is 5.76 Å². The number of nitrogens with zero attached hydrogens (tertiary/aromatic N) is 2. The topological polar surface area (TPSA) is 76.8 Å². The summed E-state index contributed by atoms with van der Waals surface area (Å²) in [5.74, 6) is 0.637. The fraction of sp³-hybridized carbons (Fsp3) is 0.304. The Morgan fingerprint density at radius 3 is 2.47 bits per heavy atom. The van der Waals surface area contributed by atoms with Gasteiger partial charge in [-0.15, -0.1) is 0 Å². The van der Waals surface area contributed by atoms with E-state index in [0.29, 0.717) is 5.69 Å². The lowest BCUT2D eigenvalue weighted by Crippen LogP contribution is -2.36. The standard InChI is InChI=1S/C23H25N3O4/c1-16(17-3-7-19(8-4-17)26-11-13-29-14-12-26)24-23(27)22-15-21(25-30-22)18-5-9-20(28-2)10-6-18/h3-10,15-16H,11-14H2,1-2H3,(H,24,27)/t16-/m0/s1. The minimum absolute atomic E-state index is 0.161. The van der Waals surface area contributed by atoms with Crippen molar-refractivity contribution in [2.24, 2.45) is 0 Å². The van der Waals surface area contributed by atoms with Gasteiger partial charge in [-0.05, 0) is 48.9 Å². The van der Waals surface area contributed by atoms with Crippen LogP contribution in [0.3, 0.4) is 0 Å². The van der Waals surface area contributed by atoms with Crippen molar-refractivity contribution in [1.82, 2.24) is 10.5 Å². The van der Waals surface area contributed by atoms with E-state index in [-0.39, 0.29) is 17.7 Å². The Kier molecular flexibility index (Phi) is 5.99. The Bertz CT molecular complexity index is 976. The van der Waals surface area contributed by atoms with Gasteiger partial charge < -0.3 is 24.2 Å². The fourth-order valence-corrected chi connectivity index (χ4v) is 3.43. The molecular weight excluding hydrogens is 382 g/mol. The quantitative estimate of drug-likeness (QED) is 0.672. The third kappa shape index (κ3) is 4.46. The lowest BCUT2D eigenvalue weighted by Gasteiger charge is -2.29. The maximum atomic E-state index is 12.6. The summed E-state index contributed by atoms with van der Waals surface area (Å²) in [6.45, 7) is 5.25. The van der Waals surface area contributed by atoms with Gasteiger partial charge >= 0.3 is 0 Å². The van der Waals surface area contributed by atoms with E-state index in [1.54, 1.807) is 13.2 Å². The lowest BCUT2D eigenvalue weighted by atomic mass is 10.1. The molecule has 2 heterocycles. The minimum atomic E-state index is -0.299. The molecule has 156 valence electrons. The van der Waals surface area contributed by atoms with E-state index < -0.39 is 0 Å². The van der Waals surface area contributed by atoms with Crippen LogP contribution >= 0.6 is 0 Å². The van der Waals surface area contributed by atoms with Crippen LogP contribution in [0, 0.1) is 0 Å². The maximum absolute atomic E-state index is 12.6. The molecule has 0 spiro atoms. The molecule has 1 saturated heterocycles. The second-order valence-corrected chi connectivity index (χ2v) is 7.19. The zero-order valence-corrected chi connectivity index (χ0v) is 17.1. The van der Waals surface area contributed by atoms with Crippen molar-refractivity contribution >= 4 is 11.6 Å². The van der Waals surface area contributed by atoms with Crippen LogP contribution < -0.4 is 15.0 Å². The monoisotopic (exact) mass is 407 g/mol. The average Bonchev–Trinajstić information content (AvgIpc) is 3.30. The summed E-state index contributed by atoms with van der Waals surface area (Å²) in [4.78, 5) is 14.9. The number of carbonyl (C=O) groups excluding carboxylic acids is 1. The van der Waals surface area contributed by atoms with Gasteiger partial charge in [0.05, 0.1) is 26.4 Å². The molecule has 0 saturated carbocycles. The number of anilines is 1. The molecule has 1 aliphatic heterocycles. The van der Waals surface area contributed by atoms with E-state index in [1.807, 2.05) is 43.3 Å². The Morgan fingerprint density at radius 1 is 1.10 bits per heavy atom. The highest BCUT2D eigenvalue weighted by molar-refractivity contribution is 5.92. The van der Waals surface area contributed by atoms with Gasteiger partial charge in [-0.2, -0.15) is 0 Å². The van der Waals surface area contributed by atoms with E-state index in [4.69, 9.17) is 14.0 Å². The highest BCUT2D eigenvalue weighted by Crippen LogP contribution is 2.23. The third-order valence-electron chi connectivity index (χ3n) is 5.24. The van der Waals surface area contributed by atoms with Crippen LogP contribution in [0.15, 0.2) is 59.1 Å². The van der Waals surface area contributed by atoms with Crippen molar-refractivity contribution in [1.29, 1.82) is 0 Å². The number of rotatable bonds is 6. The first-order valence-electron chi connectivity index (χ1n) is 9.98. The summed E-state index contributed by atoms with van der Waals surface area (Å²) < 4.78 is 15.8. The van der Waals surface area contributed by atoms with Gasteiger partial charge in [-0.25, -0.2) is 0 Å². The first-order chi connectivity index (χ1) is 14.6. The minimum Gasteiger partial charge on any atom is -0.497 e.